The van der Waals surface area contributed by atoms with E-state index in [-0.39, 0.29) is 12.0 Å². The summed E-state index contributed by atoms with van der Waals surface area (Å²) in [6.07, 6.45) is 4.50. The maximum absolute atomic E-state index is 11.7. The molecule has 5 rings (SSSR count). The topological polar surface area (TPSA) is 133 Å². The number of hydrogen-bond donors (Lipinski definition) is 2. The number of primary amides is 1. The number of benzene rings is 1. The van der Waals surface area contributed by atoms with Gasteiger partial charge in [-0.2, -0.15) is 0 Å². The van der Waals surface area contributed by atoms with Gasteiger partial charge in [0, 0.05) is 61.6 Å². The molecule has 34 heavy (non-hydrogen) atoms. The second kappa shape index (κ2) is 8.80. The zero-order valence-electron chi connectivity index (χ0n) is 18.8. The van der Waals surface area contributed by atoms with Gasteiger partial charge in [-0.15, -0.1) is 0 Å². The SMILES string of the molecule is CCc1nccn1[C@H](CN)c1cc(-c2ccc(C#CC3[C@H]4CN(C(=O)C(N)=O)C[C@@H]34)cc2)on1. The van der Waals surface area contributed by atoms with Gasteiger partial charge < -0.3 is 25.5 Å². The lowest BCUT2D eigenvalue weighted by atomic mass is 10.1. The molecule has 2 fully saturated rings. The van der Waals surface area contributed by atoms with Gasteiger partial charge in [0.15, 0.2) is 5.76 Å². The highest BCUT2D eigenvalue weighted by atomic mass is 16.5. The van der Waals surface area contributed by atoms with Crippen LogP contribution in [0.25, 0.3) is 11.3 Å². The summed E-state index contributed by atoms with van der Waals surface area (Å²) in [6.45, 7) is 3.56. The Kier molecular flexibility index (Phi) is 5.67. The van der Waals surface area contributed by atoms with E-state index in [9.17, 15) is 9.59 Å². The molecule has 0 spiro atoms. The van der Waals surface area contributed by atoms with Crippen LogP contribution < -0.4 is 11.5 Å². The smallest absolute Gasteiger partial charge is 0.311 e. The molecule has 0 bridgehead atoms. The fourth-order valence-corrected chi connectivity index (χ4v) is 4.81. The lowest BCUT2D eigenvalue weighted by Crippen LogP contribution is -2.40. The third-order valence-electron chi connectivity index (χ3n) is 6.74. The Bertz CT molecular complexity index is 1270. The third-order valence-corrected chi connectivity index (χ3v) is 6.74. The molecule has 4 atom stereocenters. The van der Waals surface area contributed by atoms with E-state index in [0.29, 0.717) is 37.2 Å². The van der Waals surface area contributed by atoms with Crippen LogP contribution in [0.2, 0.25) is 0 Å². The van der Waals surface area contributed by atoms with Crippen LogP contribution >= 0.6 is 0 Å². The van der Waals surface area contributed by atoms with Gasteiger partial charge in [-0.3, -0.25) is 9.59 Å². The number of rotatable bonds is 5. The molecule has 9 heteroatoms. The molecule has 3 aromatic rings. The van der Waals surface area contributed by atoms with Crippen LogP contribution in [-0.4, -0.2) is 51.1 Å². The summed E-state index contributed by atoms with van der Waals surface area (Å²) in [5, 5.41) is 4.26. The fourth-order valence-electron chi connectivity index (χ4n) is 4.81. The first-order chi connectivity index (χ1) is 16.5. The van der Waals surface area contributed by atoms with Crippen molar-refractivity contribution in [3.05, 3.63) is 59.8 Å². The first-order valence-electron chi connectivity index (χ1n) is 11.4. The van der Waals surface area contributed by atoms with E-state index >= 15 is 0 Å². The average molecular weight is 459 g/mol. The number of carbonyl (C=O) groups is 2. The molecule has 1 unspecified atom stereocenters. The van der Waals surface area contributed by atoms with Crippen LogP contribution in [0.4, 0.5) is 0 Å². The predicted molar refractivity (Wildman–Crippen MR) is 124 cm³/mol. The first-order valence-corrected chi connectivity index (χ1v) is 11.4. The first kappa shape index (κ1) is 21.9. The number of likely N-dealkylation sites (tertiary alicyclic amines) is 1. The molecule has 3 heterocycles. The minimum atomic E-state index is -0.895. The van der Waals surface area contributed by atoms with E-state index in [1.807, 2.05) is 41.1 Å². The molecule has 1 saturated heterocycles. The third kappa shape index (κ3) is 3.97. The van der Waals surface area contributed by atoms with Gasteiger partial charge in [-0.1, -0.05) is 23.9 Å². The quantitative estimate of drug-likeness (QED) is 0.436. The number of aryl methyl sites for hydroxylation is 1. The highest BCUT2D eigenvalue weighted by molar-refractivity contribution is 6.34. The van der Waals surface area contributed by atoms with Gasteiger partial charge in [0.05, 0.1) is 6.04 Å². The van der Waals surface area contributed by atoms with Crippen LogP contribution in [0, 0.1) is 29.6 Å². The highest BCUT2D eigenvalue weighted by Crippen LogP contribution is 2.51. The van der Waals surface area contributed by atoms with Crippen LogP contribution in [0.15, 0.2) is 47.2 Å². The van der Waals surface area contributed by atoms with E-state index < -0.39 is 11.8 Å². The van der Waals surface area contributed by atoms with Crippen molar-refractivity contribution < 1.29 is 14.1 Å². The summed E-state index contributed by atoms with van der Waals surface area (Å²) in [5.41, 5.74) is 13.7. The van der Waals surface area contributed by atoms with Crippen molar-refractivity contribution in [3.63, 3.8) is 0 Å². The molecule has 2 amide bonds. The van der Waals surface area contributed by atoms with Gasteiger partial charge in [-0.05, 0) is 36.1 Å². The second-order valence-corrected chi connectivity index (χ2v) is 8.75. The fraction of sp³-hybridized carbons (Fsp3) is 0.360. The zero-order chi connectivity index (χ0) is 23.8. The Labute approximate surface area is 197 Å². The summed E-state index contributed by atoms with van der Waals surface area (Å²) in [6, 6.07) is 9.62. The van der Waals surface area contributed by atoms with Crippen molar-refractivity contribution in [2.24, 2.45) is 29.2 Å². The largest absolute Gasteiger partial charge is 0.361 e. The molecular formula is C25H26N6O3. The normalized spacial score (nSPS) is 21.5. The number of amides is 2. The van der Waals surface area contributed by atoms with E-state index in [0.717, 1.165) is 29.1 Å². The molecule has 0 radical (unpaired) electrons. The zero-order valence-corrected chi connectivity index (χ0v) is 18.8. The molecule has 1 saturated carbocycles. The molecular weight excluding hydrogens is 432 g/mol. The van der Waals surface area contributed by atoms with Gasteiger partial charge in [0.2, 0.25) is 0 Å². The number of hydrogen-bond acceptors (Lipinski definition) is 6. The minimum Gasteiger partial charge on any atom is -0.361 e. The van der Waals surface area contributed by atoms with E-state index in [1.54, 1.807) is 6.20 Å². The van der Waals surface area contributed by atoms with Crippen molar-refractivity contribution in [2.75, 3.05) is 19.6 Å². The summed E-state index contributed by atoms with van der Waals surface area (Å²) in [4.78, 5) is 28.6. The molecule has 1 aliphatic heterocycles. The molecule has 1 aromatic carbocycles. The number of piperidine rings is 1. The summed E-state index contributed by atoms with van der Waals surface area (Å²) in [5.74, 6) is 7.60. The van der Waals surface area contributed by atoms with Gasteiger partial charge >= 0.3 is 11.8 Å². The lowest BCUT2D eigenvalue weighted by Gasteiger charge is -2.16. The van der Waals surface area contributed by atoms with Crippen LogP contribution in [0.3, 0.4) is 0 Å². The Morgan fingerprint density at radius 1 is 1.24 bits per heavy atom. The lowest BCUT2D eigenvalue weighted by molar-refractivity contribution is -0.143. The van der Waals surface area contributed by atoms with Crippen LogP contribution in [-0.2, 0) is 16.0 Å². The van der Waals surface area contributed by atoms with E-state index in [4.69, 9.17) is 16.0 Å². The van der Waals surface area contributed by atoms with Crippen molar-refractivity contribution >= 4 is 11.8 Å². The number of nitrogens with two attached hydrogens (primary N) is 2. The highest BCUT2D eigenvalue weighted by Gasteiger charge is 2.56. The van der Waals surface area contributed by atoms with Crippen molar-refractivity contribution in [3.8, 4) is 23.2 Å². The minimum absolute atomic E-state index is 0.132. The Morgan fingerprint density at radius 2 is 1.97 bits per heavy atom. The van der Waals surface area contributed by atoms with Crippen LogP contribution in [0.1, 0.15) is 30.0 Å². The monoisotopic (exact) mass is 458 g/mol. The molecule has 174 valence electrons. The standard InChI is InChI=1S/C25H26N6O3/c1-2-23-28-9-10-31(23)21(12-26)20-11-22(34-29-20)16-6-3-15(4-7-16)5-8-17-18-13-30(14-19(17)18)25(33)24(27)32/h3-4,6-7,9-11,17-19,21H,2,12-14,26H2,1H3,(H2,27,32)/t17?,18-,19+,21-/m1/s1. The maximum atomic E-state index is 11.7. The maximum Gasteiger partial charge on any atom is 0.311 e. The van der Waals surface area contributed by atoms with E-state index in [2.05, 4.69) is 28.9 Å². The Hall–Kier alpha value is -3.90. The van der Waals surface area contributed by atoms with Crippen molar-refractivity contribution in [1.29, 1.82) is 0 Å². The number of fused-ring (bicyclic) bond motifs is 1. The van der Waals surface area contributed by atoms with Gasteiger partial charge in [-0.25, -0.2) is 4.98 Å². The Morgan fingerprint density at radius 3 is 2.62 bits per heavy atom. The summed E-state index contributed by atoms with van der Waals surface area (Å²) in [7, 11) is 0. The second-order valence-electron chi connectivity index (χ2n) is 8.75. The molecule has 9 nitrogen and oxygen atoms in total. The van der Waals surface area contributed by atoms with Gasteiger partial charge in [0.1, 0.15) is 11.5 Å². The van der Waals surface area contributed by atoms with E-state index in [1.165, 1.54) is 4.90 Å². The van der Waals surface area contributed by atoms with Crippen molar-refractivity contribution in [1.82, 2.24) is 19.6 Å². The molecule has 2 aromatic heterocycles. The number of aromatic nitrogens is 3. The number of nitrogens with zero attached hydrogens (tertiary/aromatic N) is 4. The molecule has 1 aliphatic carbocycles. The number of imidazole rings is 1. The predicted octanol–water partition coefficient (Wildman–Crippen LogP) is 1.19. The summed E-state index contributed by atoms with van der Waals surface area (Å²) < 4.78 is 7.65. The van der Waals surface area contributed by atoms with Crippen molar-refractivity contribution in [2.45, 2.75) is 19.4 Å². The summed E-state index contributed by atoms with van der Waals surface area (Å²) >= 11 is 0. The van der Waals surface area contributed by atoms with Gasteiger partial charge in [0.25, 0.3) is 0 Å². The molecule has 2 aliphatic rings. The van der Waals surface area contributed by atoms with Crippen LogP contribution in [0.5, 0.6) is 0 Å². The number of carbonyl (C=O) groups excluding carboxylic acids is 2. The Balaban J connectivity index is 1.23. The molecule has 4 N–H and O–H groups in total. The average Bonchev–Trinajstić information content (AvgIpc) is 3.36.